The number of benzene rings is 1. The Balaban J connectivity index is 1.23. The molecule has 0 spiro atoms. The van der Waals surface area contributed by atoms with E-state index in [2.05, 4.69) is 43.7 Å². The Morgan fingerprint density at radius 1 is 1.15 bits per heavy atom. The Morgan fingerprint density at radius 2 is 1.91 bits per heavy atom. The van der Waals surface area contributed by atoms with Crippen LogP contribution in [0.15, 0.2) is 36.7 Å². The zero-order valence-electron chi connectivity index (χ0n) is 19.2. The van der Waals surface area contributed by atoms with Crippen molar-refractivity contribution in [1.82, 2.24) is 20.2 Å². The Bertz CT molecular complexity index is 974. The number of β-amino-alcohol motifs (C(OH)–C–C–N with tert-alkyl or cyclic N) is 1. The highest BCUT2D eigenvalue weighted by Crippen LogP contribution is 2.26. The summed E-state index contributed by atoms with van der Waals surface area (Å²) in [7, 11) is 0. The topological polar surface area (TPSA) is 107 Å². The first-order valence-electron chi connectivity index (χ1n) is 11.8. The molecule has 1 saturated carbocycles. The molecule has 3 N–H and O–H groups in total. The van der Waals surface area contributed by atoms with E-state index in [-0.39, 0.29) is 35.9 Å². The zero-order valence-corrected chi connectivity index (χ0v) is 19.2. The molecule has 8 nitrogen and oxygen atoms in total. The minimum absolute atomic E-state index is 0.165. The predicted octanol–water partition coefficient (Wildman–Crippen LogP) is 2.19. The lowest BCUT2D eigenvalue weighted by molar-refractivity contribution is -0.121. The second kappa shape index (κ2) is 10.9. The molecular formula is C25H33N5O3. The molecule has 1 fully saturated rings. The van der Waals surface area contributed by atoms with Gasteiger partial charge in [-0.3, -0.25) is 14.5 Å². The van der Waals surface area contributed by atoms with Gasteiger partial charge in [0, 0.05) is 44.2 Å². The molecule has 0 saturated heterocycles. The van der Waals surface area contributed by atoms with Gasteiger partial charge in [0.15, 0.2) is 0 Å². The number of hydrogen-bond acceptors (Lipinski definition) is 7. The highest BCUT2D eigenvalue weighted by atomic mass is 16.3. The average molecular weight is 452 g/mol. The van der Waals surface area contributed by atoms with E-state index in [0.717, 1.165) is 45.2 Å². The smallest absolute Gasteiger partial charge is 0.270 e. The summed E-state index contributed by atoms with van der Waals surface area (Å²) in [6, 6.07) is 10.3. The fourth-order valence-corrected chi connectivity index (χ4v) is 4.79. The first kappa shape index (κ1) is 23.3. The van der Waals surface area contributed by atoms with Crippen molar-refractivity contribution < 1.29 is 14.7 Å². The zero-order chi connectivity index (χ0) is 23.2. The molecule has 4 rings (SSSR count). The minimum atomic E-state index is -0.657. The van der Waals surface area contributed by atoms with Gasteiger partial charge in [-0.05, 0) is 50.2 Å². The Labute approximate surface area is 194 Å². The van der Waals surface area contributed by atoms with Gasteiger partial charge in [-0.15, -0.1) is 0 Å². The Morgan fingerprint density at radius 3 is 2.67 bits per heavy atom. The molecule has 2 aliphatic rings. The van der Waals surface area contributed by atoms with Gasteiger partial charge < -0.3 is 15.7 Å². The van der Waals surface area contributed by atoms with Crippen LogP contribution in [-0.4, -0.2) is 63.4 Å². The van der Waals surface area contributed by atoms with E-state index in [0.29, 0.717) is 12.4 Å². The summed E-state index contributed by atoms with van der Waals surface area (Å²) < 4.78 is 0. The standard InChI is InChI=1S/C25H33N5O3/c1-17(31)18-6-8-21(9-7-18)29-24-12-23(27-16-28-24)25(33)26-13-22(32)15-30-11-10-19-4-2-3-5-20(19)14-30/h2-5,12,16,18,21-22,32H,6-11,13-15H2,1H3,(H,26,33)(H,27,28,29)/t18-,21+,22-/m0/s1. The SMILES string of the molecule is CC(=O)[C@H]1CC[C@@H](Nc2cc(C(=O)NC[C@H](O)CN3CCc4ccccc4C3)ncn2)CC1. The molecule has 1 aromatic carbocycles. The van der Waals surface area contributed by atoms with Gasteiger partial charge in [-0.25, -0.2) is 9.97 Å². The molecule has 8 heteroatoms. The van der Waals surface area contributed by atoms with Crippen molar-refractivity contribution in [3.63, 3.8) is 0 Å². The predicted molar refractivity (Wildman–Crippen MR) is 126 cm³/mol. The van der Waals surface area contributed by atoms with Gasteiger partial charge in [-0.1, -0.05) is 24.3 Å². The number of nitrogens with zero attached hydrogens (tertiary/aromatic N) is 3. The lowest BCUT2D eigenvalue weighted by atomic mass is 9.84. The first-order chi connectivity index (χ1) is 16.0. The van der Waals surface area contributed by atoms with Crippen LogP contribution in [0, 0.1) is 5.92 Å². The number of rotatable bonds is 8. The number of ketones is 1. The quantitative estimate of drug-likeness (QED) is 0.565. The maximum Gasteiger partial charge on any atom is 0.270 e. The van der Waals surface area contributed by atoms with E-state index >= 15 is 0 Å². The number of amides is 1. The van der Waals surface area contributed by atoms with Crippen molar-refractivity contribution in [3.8, 4) is 0 Å². The van der Waals surface area contributed by atoms with Crippen LogP contribution in [0.1, 0.15) is 54.2 Å². The molecule has 1 atom stereocenters. The number of nitrogens with one attached hydrogen (secondary N) is 2. The molecule has 1 aromatic heterocycles. The summed E-state index contributed by atoms with van der Waals surface area (Å²) in [5, 5.41) is 16.6. The van der Waals surface area contributed by atoms with Crippen LogP contribution in [0.25, 0.3) is 0 Å². The third-order valence-corrected chi connectivity index (χ3v) is 6.73. The van der Waals surface area contributed by atoms with Gasteiger partial charge in [0.2, 0.25) is 0 Å². The van der Waals surface area contributed by atoms with Crippen LogP contribution >= 0.6 is 0 Å². The third-order valence-electron chi connectivity index (χ3n) is 6.73. The van der Waals surface area contributed by atoms with E-state index < -0.39 is 6.10 Å². The summed E-state index contributed by atoms with van der Waals surface area (Å²) in [5.74, 6) is 0.709. The molecule has 0 bridgehead atoms. The van der Waals surface area contributed by atoms with Crippen LogP contribution in [0.4, 0.5) is 5.82 Å². The number of anilines is 1. The maximum atomic E-state index is 12.6. The number of aliphatic hydroxyl groups excluding tert-OH is 1. The van der Waals surface area contributed by atoms with E-state index in [1.54, 1.807) is 13.0 Å². The van der Waals surface area contributed by atoms with Crippen molar-refractivity contribution >= 4 is 17.5 Å². The van der Waals surface area contributed by atoms with Gasteiger partial charge in [0.05, 0.1) is 6.10 Å². The molecule has 1 aliphatic heterocycles. The number of fused-ring (bicyclic) bond motifs is 1. The van der Waals surface area contributed by atoms with Crippen LogP contribution < -0.4 is 10.6 Å². The summed E-state index contributed by atoms with van der Waals surface area (Å²) in [6.07, 6.45) is 5.27. The van der Waals surface area contributed by atoms with Crippen LogP contribution in [-0.2, 0) is 17.8 Å². The van der Waals surface area contributed by atoms with E-state index in [1.165, 1.54) is 17.5 Å². The minimum Gasteiger partial charge on any atom is -0.390 e. The Hall–Kier alpha value is -2.84. The van der Waals surface area contributed by atoms with Gasteiger partial charge >= 0.3 is 0 Å². The molecule has 2 heterocycles. The number of Topliss-reactive ketones (excluding diaryl/α,β-unsaturated/α-hetero) is 1. The van der Waals surface area contributed by atoms with Crippen molar-refractivity contribution in [2.24, 2.45) is 5.92 Å². The molecule has 0 unspecified atom stereocenters. The average Bonchev–Trinajstić information content (AvgIpc) is 2.83. The summed E-state index contributed by atoms with van der Waals surface area (Å²) in [4.78, 5) is 34.7. The van der Waals surface area contributed by atoms with E-state index in [9.17, 15) is 14.7 Å². The fraction of sp³-hybridized carbons (Fsp3) is 0.520. The second-order valence-electron chi connectivity index (χ2n) is 9.21. The number of aromatic nitrogens is 2. The summed E-state index contributed by atoms with van der Waals surface area (Å²) in [6.45, 7) is 4.05. The number of carbonyl (C=O) groups is 2. The highest BCUT2D eigenvalue weighted by molar-refractivity contribution is 5.92. The van der Waals surface area contributed by atoms with E-state index in [1.807, 2.05) is 6.07 Å². The fourth-order valence-electron chi connectivity index (χ4n) is 4.79. The molecule has 2 aromatic rings. The summed E-state index contributed by atoms with van der Waals surface area (Å²) >= 11 is 0. The van der Waals surface area contributed by atoms with Gasteiger partial charge in [-0.2, -0.15) is 0 Å². The largest absolute Gasteiger partial charge is 0.390 e. The molecule has 1 aliphatic carbocycles. The lowest BCUT2D eigenvalue weighted by Crippen LogP contribution is -2.42. The van der Waals surface area contributed by atoms with Crippen molar-refractivity contribution in [3.05, 3.63) is 53.5 Å². The van der Waals surface area contributed by atoms with Gasteiger partial charge in [0.1, 0.15) is 23.6 Å². The molecule has 0 radical (unpaired) electrons. The van der Waals surface area contributed by atoms with Crippen LogP contribution in [0.2, 0.25) is 0 Å². The first-order valence-corrected chi connectivity index (χ1v) is 11.8. The van der Waals surface area contributed by atoms with Crippen molar-refractivity contribution in [2.45, 2.75) is 57.7 Å². The molecular weight excluding hydrogens is 418 g/mol. The monoisotopic (exact) mass is 451 g/mol. The van der Waals surface area contributed by atoms with Crippen molar-refractivity contribution in [1.29, 1.82) is 0 Å². The van der Waals surface area contributed by atoms with Crippen LogP contribution in [0.3, 0.4) is 0 Å². The van der Waals surface area contributed by atoms with E-state index in [4.69, 9.17) is 0 Å². The van der Waals surface area contributed by atoms with Gasteiger partial charge in [0.25, 0.3) is 5.91 Å². The Kier molecular flexibility index (Phi) is 7.67. The second-order valence-corrected chi connectivity index (χ2v) is 9.21. The number of aliphatic hydroxyl groups is 1. The van der Waals surface area contributed by atoms with Crippen LogP contribution in [0.5, 0.6) is 0 Å². The molecule has 1 amide bonds. The van der Waals surface area contributed by atoms with Crippen molar-refractivity contribution in [2.75, 3.05) is 25.0 Å². The third kappa shape index (κ3) is 6.36. The number of carbonyl (C=O) groups excluding carboxylic acids is 2. The highest BCUT2D eigenvalue weighted by Gasteiger charge is 2.24. The summed E-state index contributed by atoms with van der Waals surface area (Å²) in [5.41, 5.74) is 2.94. The number of hydrogen-bond donors (Lipinski definition) is 3. The maximum absolute atomic E-state index is 12.6. The normalized spacial score (nSPS) is 21.6. The molecule has 33 heavy (non-hydrogen) atoms. The molecule has 176 valence electrons. The lowest BCUT2D eigenvalue weighted by Gasteiger charge is -2.30.